The molecule has 2 rings (SSSR count). The van der Waals surface area contributed by atoms with Crippen molar-refractivity contribution in [3.63, 3.8) is 0 Å². The highest BCUT2D eigenvalue weighted by Gasteiger charge is 2.26. The molecule has 2 unspecified atom stereocenters. The number of rotatable bonds is 8. The van der Waals surface area contributed by atoms with Gasteiger partial charge in [-0.05, 0) is 24.9 Å². The molecule has 0 radical (unpaired) electrons. The number of benzene rings is 1. The van der Waals surface area contributed by atoms with Gasteiger partial charge < -0.3 is 9.88 Å². The van der Waals surface area contributed by atoms with E-state index in [1.165, 1.54) is 5.56 Å². The lowest BCUT2D eigenvalue weighted by Gasteiger charge is -2.27. The zero-order valence-corrected chi connectivity index (χ0v) is 13.4. The maximum atomic E-state index is 4.65. The van der Waals surface area contributed by atoms with E-state index in [4.69, 9.17) is 0 Å². The second-order valence-corrected chi connectivity index (χ2v) is 5.44. The highest BCUT2D eigenvalue weighted by atomic mass is 15.1. The van der Waals surface area contributed by atoms with Crippen molar-refractivity contribution in [3.05, 3.63) is 54.1 Å². The number of imidazole rings is 1. The van der Waals surface area contributed by atoms with E-state index in [0.717, 1.165) is 31.8 Å². The molecule has 0 aliphatic carbocycles. The first-order valence-electron chi connectivity index (χ1n) is 8.11. The van der Waals surface area contributed by atoms with Crippen molar-refractivity contribution in [1.29, 1.82) is 0 Å². The van der Waals surface area contributed by atoms with E-state index < -0.39 is 0 Å². The Balaban J connectivity index is 2.34. The van der Waals surface area contributed by atoms with Gasteiger partial charge in [-0.3, -0.25) is 0 Å². The Hall–Kier alpha value is -1.61. The Morgan fingerprint density at radius 3 is 2.52 bits per heavy atom. The van der Waals surface area contributed by atoms with E-state index in [1.807, 2.05) is 6.20 Å². The van der Waals surface area contributed by atoms with Crippen LogP contribution in [0.2, 0.25) is 0 Å². The maximum absolute atomic E-state index is 4.65. The van der Waals surface area contributed by atoms with Crippen LogP contribution in [0.5, 0.6) is 0 Å². The predicted octanol–water partition coefficient (Wildman–Crippen LogP) is 4.14. The standard InChI is InChI=1S/C18H27N3/c1-4-13-21-14-12-20-18(21)17(19-6-3)16(5-2)15-10-8-7-9-11-15/h7-12,14,16-17,19H,4-6,13H2,1-3H3. The minimum atomic E-state index is 0.268. The summed E-state index contributed by atoms with van der Waals surface area (Å²) in [4.78, 5) is 4.65. The Labute approximate surface area is 128 Å². The Morgan fingerprint density at radius 2 is 1.90 bits per heavy atom. The van der Waals surface area contributed by atoms with Gasteiger partial charge in [-0.2, -0.15) is 0 Å². The van der Waals surface area contributed by atoms with Crippen molar-refractivity contribution in [2.24, 2.45) is 0 Å². The third kappa shape index (κ3) is 3.73. The molecule has 0 spiro atoms. The van der Waals surface area contributed by atoms with Gasteiger partial charge in [0.1, 0.15) is 5.82 Å². The van der Waals surface area contributed by atoms with Gasteiger partial charge in [-0.25, -0.2) is 4.98 Å². The van der Waals surface area contributed by atoms with Crippen LogP contribution in [0.4, 0.5) is 0 Å². The number of aryl methyl sites for hydroxylation is 1. The van der Waals surface area contributed by atoms with E-state index in [-0.39, 0.29) is 6.04 Å². The smallest absolute Gasteiger partial charge is 0.126 e. The lowest BCUT2D eigenvalue weighted by atomic mass is 9.88. The molecule has 0 amide bonds. The molecule has 0 saturated heterocycles. The van der Waals surface area contributed by atoms with Gasteiger partial charge in [-0.15, -0.1) is 0 Å². The molecular formula is C18H27N3. The van der Waals surface area contributed by atoms with Crippen LogP contribution in [0.1, 0.15) is 57.0 Å². The monoisotopic (exact) mass is 285 g/mol. The normalized spacial score (nSPS) is 14.0. The molecule has 0 bridgehead atoms. The van der Waals surface area contributed by atoms with Crippen LogP contribution in [-0.4, -0.2) is 16.1 Å². The number of nitrogens with one attached hydrogen (secondary N) is 1. The fraction of sp³-hybridized carbons (Fsp3) is 0.500. The van der Waals surface area contributed by atoms with Crippen molar-refractivity contribution in [3.8, 4) is 0 Å². The van der Waals surface area contributed by atoms with Crippen LogP contribution in [-0.2, 0) is 6.54 Å². The van der Waals surface area contributed by atoms with Crippen molar-refractivity contribution < 1.29 is 0 Å². The molecule has 3 heteroatoms. The first-order valence-corrected chi connectivity index (χ1v) is 8.11. The summed E-state index contributed by atoms with van der Waals surface area (Å²) in [6.07, 6.45) is 6.25. The lowest BCUT2D eigenvalue weighted by molar-refractivity contribution is 0.409. The number of hydrogen-bond donors (Lipinski definition) is 1. The fourth-order valence-electron chi connectivity index (χ4n) is 3.03. The summed E-state index contributed by atoms with van der Waals surface area (Å²) in [5.41, 5.74) is 1.39. The van der Waals surface area contributed by atoms with Gasteiger partial charge in [-0.1, -0.05) is 51.1 Å². The molecule has 1 aromatic carbocycles. The van der Waals surface area contributed by atoms with Crippen LogP contribution in [0.3, 0.4) is 0 Å². The summed E-state index contributed by atoms with van der Waals surface area (Å²) in [5.74, 6) is 1.61. The Bertz CT molecular complexity index is 518. The molecule has 1 heterocycles. The average Bonchev–Trinajstić information content (AvgIpc) is 2.97. The first kappa shape index (κ1) is 15.8. The molecule has 1 aromatic heterocycles. The molecule has 0 aliphatic rings. The van der Waals surface area contributed by atoms with Gasteiger partial charge in [0.05, 0.1) is 6.04 Å². The van der Waals surface area contributed by atoms with Crippen LogP contribution >= 0.6 is 0 Å². The van der Waals surface area contributed by atoms with Crippen molar-refractivity contribution in [2.45, 2.75) is 52.1 Å². The lowest BCUT2D eigenvalue weighted by Crippen LogP contribution is -2.29. The summed E-state index contributed by atoms with van der Waals surface area (Å²) in [6.45, 7) is 8.61. The molecule has 114 valence electrons. The summed E-state index contributed by atoms with van der Waals surface area (Å²) < 4.78 is 2.29. The maximum Gasteiger partial charge on any atom is 0.126 e. The minimum Gasteiger partial charge on any atom is -0.334 e. The van der Waals surface area contributed by atoms with Crippen LogP contribution in [0, 0.1) is 0 Å². The number of likely N-dealkylation sites (N-methyl/N-ethyl adjacent to an activating group) is 1. The molecule has 0 saturated carbocycles. The molecule has 2 atom stereocenters. The molecular weight excluding hydrogens is 258 g/mol. The second kappa shape index (κ2) is 7.99. The third-order valence-corrected chi connectivity index (χ3v) is 3.98. The van der Waals surface area contributed by atoms with Crippen LogP contribution in [0.25, 0.3) is 0 Å². The second-order valence-electron chi connectivity index (χ2n) is 5.44. The van der Waals surface area contributed by atoms with E-state index in [0.29, 0.717) is 5.92 Å². The van der Waals surface area contributed by atoms with Crippen molar-refractivity contribution >= 4 is 0 Å². The first-order chi connectivity index (χ1) is 10.3. The summed E-state index contributed by atoms with van der Waals surface area (Å²) in [5, 5.41) is 3.65. The zero-order valence-electron chi connectivity index (χ0n) is 13.4. The van der Waals surface area contributed by atoms with Crippen molar-refractivity contribution in [1.82, 2.24) is 14.9 Å². The van der Waals surface area contributed by atoms with E-state index in [1.54, 1.807) is 0 Å². The van der Waals surface area contributed by atoms with E-state index in [9.17, 15) is 0 Å². The van der Waals surface area contributed by atoms with Gasteiger partial charge in [0.25, 0.3) is 0 Å². The third-order valence-electron chi connectivity index (χ3n) is 3.98. The summed E-state index contributed by atoms with van der Waals surface area (Å²) >= 11 is 0. The van der Waals surface area contributed by atoms with Crippen molar-refractivity contribution in [2.75, 3.05) is 6.54 Å². The molecule has 1 N–H and O–H groups in total. The highest BCUT2D eigenvalue weighted by molar-refractivity contribution is 5.23. The predicted molar refractivity (Wildman–Crippen MR) is 88.4 cm³/mol. The topological polar surface area (TPSA) is 29.9 Å². The number of hydrogen-bond acceptors (Lipinski definition) is 2. The Morgan fingerprint density at radius 1 is 1.14 bits per heavy atom. The van der Waals surface area contributed by atoms with E-state index >= 15 is 0 Å². The molecule has 21 heavy (non-hydrogen) atoms. The van der Waals surface area contributed by atoms with E-state index in [2.05, 4.69) is 72.2 Å². The number of nitrogens with zero attached hydrogens (tertiary/aromatic N) is 2. The molecule has 2 aromatic rings. The average molecular weight is 285 g/mol. The van der Waals surface area contributed by atoms with Gasteiger partial charge in [0.15, 0.2) is 0 Å². The van der Waals surface area contributed by atoms with Gasteiger partial charge in [0, 0.05) is 24.9 Å². The Kier molecular flexibility index (Phi) is 6.00. The molecule has 0 fully saturated rings. The number of aromatic nitrogens is 2. The van der Waals surface area contributed by atoms with Gasteiger partial charge >= 0.3 is 0 Å². The summed E-state index contributed by atoms with van der Waals surface area (Å²) in [7, 11) is 0. The SMILES string of the molecule is CCCn1ccnc1C(NCC)C(CC)c1ccccc1. The highest BCUT2D eigenvalue weighted by Crippen LogP contribution is 2.32. The van der Waals surface area contributed by atoms with Gasteiger partial charge in [0.2, 0.25) is 0 Å². The zero-order chi connectivity index (χ0) is 15.1. The quantitative estimate of drug-likeness (QED) is 0.790. The largest absolute Gasteiger partial charge is 0.334 e. The molecule has 3 nitrogen and oxygen atoms in total. The molecule has 0 aliphatic heterocycles. The van der Waals surface area contributed by atoms with Crippen LogP contribution in [0.15, 0.2) is 42.7 Å². The fourth-order valence-corrected chi connectivity index (χ4v) is 3.03. The van der Waals surface area contributed by atoms with Crippen LogP contribution < -0.4 is 5.32 Å². The minimum absolute atomic E-state index is 0.268. The summed E-state index contributed by atoms with van der Waals surface area (Å²) in [6, 6.07) is 11.1.